The number of nitrogens with one attached hydrogen (secondary N) is 1. The number of phenolic OH excluding ortho intramolecular Hbond substituents is 1. The average Bonchev–Trinajstić information content (AvgIpc) is 2.33. The molecule has 2 nitrogen and oxygen atoms in total. The molecule has 2 rings (SSSR count). The standard InChI is InChI=1S/C13H10Cl2INO/c14-10-3-1-2-8(13(10)18)7-17-12-5-4-9(16)6-11(12)15/h1-6,17-18H,7H2. The van der Waals surface area contributed by atoms with Crippen LogP contribution in [0.4, 0.5) is 5.69 Å². The van der Waals surface area contributed by atoms with Gasteiger partial charge in [-0.1, -0.05) is 35.3 Å². The van der Waals surface area contributed by atoms with Crippen LogP contribution in [0, 0.1) is 3.57 Å². The van der Waals surface area contributed by atoms with E-state index < -0.39 is 0 Å². The van der Waals surface area contributed by atoms with Crippen LogP contribution in [-0.2, 0) is 6.54 Å². The van der Waals surface area contributed by atoms with E-state index in [0.717, 1.165) is 14.8 Å². The van der Waals surface area contributed by atoms with Crippen molar-refractivity contribution in [2.24, 2.45) is 0 Å². The van der Waals surface area contributed by atoms with E-state index in [1.807, 2.05) is 24.3 Å². The molecule has 2 N–H and O–H groups in total. The maximum absolute atomic E-state index is 9.78. The van der Waals surface area contributed by atoms with Crippen molar-refractivity contribution in [3.05, 3.63) is 55.6 Å². The Kier molecular flexibility index (Phi) is 4.59. The molecule has 0 aliphatic rings. The van der Waals surface area contributed by atoms with E-state index in [1.165, 1.54) is 0 Å². The molecule has 0 bridgehead atoms. The molecule has 5 heteroatoms. The minimum absolute atomic E-state index is 0.105. The van der Waals surface area contributed by atoms with Gasteiger partial charge >= 0.3 is 0 Å². The van der Waals surface area contributed by atoms with E-state index >= 15 is 0 Å². The van der Waals surface area contributed by atoms with E-state index in [9.17, 15) is 5.11 Å². The zero-order valence-electron chi connectivity index (χ0n) is 9.25. The molecule has 18 heavy (non-hydrogen) atoms. The highest BCUT2D eigenvalue weighted by molar-refractivity contribution is 14.1. The number of hydrogen-bond acceptors (Lipinski definition) is 2. The van der Waals surface area contributed by atoms with Crippen LogP contribution in [0.3, 0.4) is 0 Å². The van der Waals surface area contributed by atoms with Crippen molar-refractivity contribution in [3.8, 4) is 5.75 Å². The molecule has 0 aliphatic carbocycles. The molecule has 0 atom stereocenters. The van der Waals surface area contributed by atoms with Crippen LogP contribution in [0.5, 0.6) is 5.75 Å². The lowest BCUT2D eigenvalue weighted by atomic mass is 10.2. The van der Waals surface area contributed by atoms with Gasteiger partial charge in [0.2, 0.25) is 0 Å². The van der Waals surface area contributed by atoms with Crippen molar-refractivity contribution in [2.45, 2.75) is 6.54 Å². The smallest absolute Gasteiger partial charge is 0.139 e. The first-order chi connectivity index (χ1) is 8.58. The number of halogens is 3. The van der Waals surface area contributed by atoms with Gasteiger partial charge in [-0.05, 0) is 46.9 Å². The summed E-state index contributed by atoms with van der Waals surface area (Å²) in [5.41, 5.74) is 1.56. The van der Waals surface area contributed by atoms with Crippen molar-refractivity contribution >= 4 is 51.5 Å². The fourth-order valence-corrected chi connectivity index (χ4v) is 2.64. The molecule has 0 saturated carbocycles. The summed E-state index contributed by atoms with van der Waals surface area (Å²) in [5, 5.41) is 14.0. The first-order valence-corrected chi connectivity index (χ1v) is 7.06. The van der Waals surface area contributed by atoms with Gasteiger partial charge in [-0.25, -0.2) is 0 Å². The number of rotatable bonds is 3. The lowest BCUT2D eigenvalue weighted by molar-refractivity contribution is 0.469. The first kappa shape index (κ1) is 13.8. The van der Waals surface area contributed by atoms with Gasteiger partial charge in [0.1, 0.15) is 5.75 Å². The second-order valence-electron chi connectivity index (χ2n) is 3.73. The molecular weight excluding hydrogens is 384 g/mol. The van der Waals surface area contributed by atoms with Crippen molar-refractivity contribution in [1.82, 2.24) is 0 Å². The van der Waals surface area contributed by atoms with E-state index in [1.54, 1.807) is 12.1 Å². The van der Waals surface area contributed by atoms with E-state index in [0.29, 0.717) is 16.6 Å². The van der Waals surface area contributed by atoms with Gasteiger partial charge < -0.3 is 10.4 Å². The van der Waals surface area contributed by atoms with Gasteiger partial charge in [-0.15, -0.1) is 0 Å². The van der Waals surface area contributed by atoms with E-state index in [4.69, 9.17) is 23.2 Å². The Bertz CT molecular complexity index is 575. The lowest BCUT2D eigenvalue weighted by Gasteiger charge is -2.10. The lowest BCUT2D eigenvalue weighted by Crippen LogP contribution is -2.00. The molecule has 0 unspecified atom stereocenters. The van der Waals surface area contributed by atoms with Gasteiger partial charge in [0.25, 0.3) is 0 Å². The summed E-state index contributed by atoms with van der Waals surface area (Å²) in [4.78, 5) is 0. The second-order valence-corrected chi connectivity index (χ2v) is 5.79. The van der Waals surface area contributed by atoms with Gasteiger partial charge in [-0.2, -0.15) is 0 Å². The van der Waals surface area contributed by atoms with Gasteiger partial charge in [0.05, 0.1) is 15.7 Å². The minimum atomic E-state index is 0.105. The Morgan fingerprint density at radius 2 is 1.89 bits per heavy atom. The zero-order valence-corrected chi connectivity index (χ0v) is 12.9. The number of anilines is 1. The van der Waals surface area contributed by atoms with E-state index in [-0.39, 0.29) is 5.75 Å². The molecule has 0 heterocycles. The fourth-order valence-electron chi connectivity index (χ4n) is 1.53. The maximum atomic E-state index is 9.78. The Morgan fingerprint density at radius 3 is 2.61 bits per heavy atom. The molecular formula is C13H10Cl2INO. The minimum Gasteiger partial charge on any atom is -0.506 e. The highest BCUT2D eigenvalue weighted by Gasteiger charge is 2.06. The zero-order chi connectivity index (χ0) is 13.1. The number of phenols is 1. The van der Waals surface area contributed by atoms with Crippen molar-refractivity contribution in [1.29, 1.82) is 0 Å². The van der Waals surface area contributed by atoms with Gasteiger partial charge in [0.15, 0.2) is 0 Å². The molecule has 2 aromatic rings. The Hall–Kier alpha value is -0.650. The largest absolute Gasteiger partial charge is 0.506 e. The predicted octanol–water partition coefficient (Wildman–Crippen LogP) is 4.92. The summed E-state index contributed by atoms with van der Waals surface area (Å²) in [6, 6.07) is 11.0. The van der Waals surface area contributed by atoms with Crippen molar-refractivity contribution in [2.75, 3.05) is 5.32 Å². The van der Waals surface area contributed by atoms with Gasteiger partial charge in [0, 0.05) is 15.7 Å². The SMILES string of the molecule is Oc1c(Cl)cccc1CNc1ccc(I)cc1Cl. The molecule has 0 radical (unpaired) electrons. The summed E-state index contributed by atoms with van der Waals surface area (Å²) in [5.74, 6) is 0.105. The quantitative estimate of drug-likeness (QED) is 0.725. The molecule has 0 amide bonds. The molecule has 0 aliphatic heterocycles. The highest BCUT2D eigenvalue weighted by Crippen LogP contribution is 2.29. The third-order valence-electron chi connectivity index (χ3n) is 2.47. The summed E-state index contributed by atoms with van der Waals surface area (Å²) in [6.07, 6.45) is 0. The average molecular weight is 394 g/mol. The summed E-state index contributed by atoms with van der Waals surface area (Å²) >= 11 is 14.2. The molecule has 2 aromatic carbocycles. The number of para-hydroxylation sites is 1. The Labute approximate surface area is 129 Å². The molecule has 0 fully saturated rings. The number of hydrogen-bond donors (Lipinski definition) is 2. The normalized spacial score (nSPS) is 10.4. The number of benzene rings is 2. The maximum Gasteiger partial charge on any atom is 0.139 e. The van der Waals surface area contributed by atoms with Crippen LogP contribution in [0.2, 0.25) is 10.0 Å². The van der Waals surface area contributed by atoms with Crippen LogP contribution < -0.4 is 5.32 Å². The third kappa shape index (κ3) is 3.22. The third-order valence-corrected chi connectivity index (χ3v) is 3.76. The summed E-state index contributed by atoms with van der Waals surface area (Å²) < 4.78 is 1.08. The molecule has 0 aromatic heterocycles. The Morgan fingerprint density at radius 1 is 1.11 bits per heavy atom. The molecule has 0 spiro atoms. The Balaban J connectivity index is 2.14. The second kappa shape index (κ2) is 5.99. The summed E-state index contributed by atoms with van der Waals surface area (Å²) in [6.45, 7) is 0.465. The van der Waals surface area contributed by atoms with E-state index in [2.05, 4.69) is 27.9 Å². The van der Waals surface area contributed by atoms with Crippen LogP contribution >= 0.6 is 45.8 Å². The van der Waals surface area contributed by atoms with Crippen molar-refractivity contribution in [3.63, 3.8) is 0 Å². The van der Waals surface area contributed by atoms with Crippen LogP contribution in [-0.4, -0.2) is 5.11 Å². The van der Waals surface area contributed by atoms with Crippen LogP contribution in [0.15, 0.2) is 36.4 Å². The molecule has 94 valence electrons. The highest BCUT2D eigenvalue weighted by atomic mass is 127. The fraction of sp³-hybridized carbons (Fsp3) is 0.0769. The predicted molar refractivity (Wildman–Crippen MR) is 84.6 cm³/mol. The topological polar surface area (TPSA) is 32.3 Å². The first-order valence-electron chi connectivity index (χ1n) is 5.23. The monoisotopic (exact) mass is 393 g/mol. The van der Waals surface area contributed by atoms with Crippen molar-refractivity contribution < 1.29 is 5.11 Å². The number of aromatic hydroxyl groups is 1. The van der Waals surface area contributed by atoms with Crippen LogP contribution in [0.25, 0.3) is 0 Å². The van der Waals surface area contributed by atoms with Gasteiger partial charge in [-0.3, -0.25) is 0 Å². The molecule has 0 saturated heterocycles. The summed E-state index contributed by atoms with van der Waals surface area (Å²) in [7, 11) is 0. The van der Waals surface area contributed by atoms with Crippen LogP contribution in [0.1, 0.15) is 5.56 Å².